The molecule has 1 aromatic rings. The van der Waals surface area contributed by atoms with Gasteiger partial charge in [0.1, 0.15) is 0 Å². The molecule has 21 heavy (non-hydrogen) atoms. The maximum atomic E-state index is 12.7. The van der Waals surface area contributed by atoms with E-state index in [0.717, 1.165) is 0 Å². The van der Waals surface area contributed by atoms with Gasteiger partial charge in [0, 0.05) is 13.1 Å². The molecular formula is C14H16N2O4S. The average Bonchev–Trinajstić information content (AvgIpc) is 2.82. The van der Waals surface area contributed by atoms with Crippen LogP contribution in [0, 0.1) is 30.1 Å². The predicted molar refractivity (Wildman–Crippen MR) is 74.9 cm³/mol. The number of aliphatic carboxylic acids is 1. The first-order valence-corrected chi connectivity index (χ1v) is 7.95. The Balaban J connectivity index is 2.40. The molecule has 2 atom stereocenters. The van der Waals surface area contributed by atoms with Crippen molar-refractivity contribution in [3.63, 3.8) is 0 Å². The Morgan fingerprint density at radius 3 is 2.62 bits per heavy atom. The summed E-state index contributed by atoms with van der Waals surface area (Å²) in [6.45, 7) is 3.53. The second-order valence-electron chi connectivity index (χ2n) is 5.34. The first kappa shape index (κ1) is 15.5. The van der Waals surface area contributed by atoms with Crippen LogP contribution in [0.4, 0.5) is 0 Å². The molecule has 1 N–H and O–H groups in total. The van der Waals surface area contributed by atoms with Gasteiger partial charge in [0.05, 0.1) is 22.4 Å². The lowest BCUT2D eigenvalue weighted by atomic mass is 9.99. The van der Waals surface area contributed by atoms with E-state index in [4.69, 9.17) is 10.4 Å². The third-order valence-corrected chi connectivity index (χ3v) is 5.80. The van der Waals surface area contributed by atoms with Crippen molar-refractivity contribution in [2.75, 3.05) is 13.1 Å². The third kappa shape index (κ3) is 2.77. The zero-order valence-electron chi connectivity index (χ0n) is 11.8. The van der Waals surface area contributed by atoms with Crippen LogP contribution in [0.3, 0.4) is 0 Å². The summed E-state index contributed by atoms with van der Waals surface area (Å²) >= 11 is 0. The van der Waals surface area contributed by atoms with E-state index in [-0.39, 0.29) is 29.5 Å². The maximum Gasteiger partial charge on any atom is 0.308 e. The molecule has 1 heterocycles. The minimum atomic E-state index is -3.78. The molecule has 1 fully saturated rings. The minimum absolute atomic E-state index is 0.0327. The van der Waals surface area contributed by atoms with Gasteiger partial charge in [-0.3, -0.25) is 4.79 Å². The Morgan fingerprint density at radius 2 is 2.10 bits per heavy atom. The number of carboxylic acids is 1. The van der Waals surface area contributed by atoms with Gasteiger partial charge >= 0.3 is 5.97 Å². The maximum absolute atomic E-state index is 12.7. The van der Waals surface area contributed by atoms with Crippen molar-refractivity contribution in [2.45, 2.75) is 18.7 Å². The summed E-state index contributed by atoms with van der Waals surface area (Å²) in [6, 6.07) is 6.39. The van der Waals surface area contributed by atoms with Crippen LogP contribution >= 0.6 is 0 Å². The molecule has 1 aliphatic rings. The molecule has 1 aliphatic heterocycles. The smallest absolute Gasteiger partial charge is 0.308 e. The fraction of sp³-hybridized carbons (Fsp3) is 0.429. The molecule has 1 saturated heterocycles. The van der Waals surface area contributed by atoms with Crippen LogP contribution in [-0.4, -0.2) is 36.9 Å². The number of carbonyl (C=O) groups is 1. The summed E-state index contributed by atoms with van der Waals surface area (Å²) in [7, 11) is -3.78. The largest absolute Gasteiger partial charge is 0.481 e. The summed E-state index contributed by atoms with van der Waals surface area (Å²) in [4.78, 5) is 11.2. The van der Waals surface area contributed by atoms with Crippen LogP contribution in [0.1, 0.15) is 18.1 Å². The van der Waals surface area contributed by atoms with Gasteiger partial charge in [-0.15, -0.1) is 0 Å². The van der Waals surface area contributed by atoms with E-state index in [9.17, 15) is 13.2 Å². The van der Waals surface area contributed by atoms with Gasteiger partial charge in [0.2, 0.25) is 10.0 Å². The van der Waals surface area contributed by atoms with Crippen LogP contribution in [-0.2, 0) is 14.8 Å². The van der Waals surface area contributed by atoms with Crippen molar-refractivity contribution >= 4 is 16.0 Å². The van der Waals surface area contributed by atoms with E-state index >= 15 is 0 Å². The van der Waals surface area contributed by atoms with Crippen molar-refractivity contribution < 1.29 is 18.3 Å². The van der Waals surface area contributed by atoms with Crippen molar-refractivity contribution in [3.05, 3.63) is 29.3 Å². The van der Waals surface area contributed by atoms with E-state index in [2.05, 4.69) is 0 Å². The average molecular weight is 308 g/mol. The van der Waals surface area contributed by atoms with E-state index in [0.29, 0.717) is 5.56 Å². The Bertz CT molecular complexity index is 721. The van der Waals surface area contributed by atoms with Gasteiger partial charge in [0.25, 0.3) is 0 Å². The molecule has 0 aromatic heterocycles. The molecule has 0 radical (unpaired) electrons. The van der Waals surface area contributed by atoms with Crippen LogP contribution < -0.4 is 0 Å². The van der Waals surface area contributed by atoms with Crippen LogP contribution in [0.15, 0.2) is 23.1 Å². The lowest BCUT2D eigenvalue weighted by Gasteiger charge is -2.17. The number of hydrogen-bond donors (Lipinski definition) is 1. The number of hydrogen-bond acceptors (Lipinski definition) is 4. The zero-order valence-corrected chi connectivity index (χ0v) is 12.6. The first-order valence-electron chi connectivity index (χ1n) is 6.51. The lowest BCUT2D eigenvalue weighted by Crippen LogP contribution is -2.30. The van der Waals surface area contributed by atoms with E-state index in [1.54, 1.807) is 26.0 Å². The SMILES string of the molecule is Cc1ccc(C#N)cc1S(=O)(=O)N1CC(C)C(C(=O)O)C1. The van der Waals surface area contributed by atoms with E-state index in [1.165, 1.54) is 10.4 Å². The molecule has 7 heteroatoms. The van der Waals surface area contributed by atoms with E-state index in [1.807, 2.05) is 6.07 Å². The summed E-state index contributed by atoms with van der Waals surface area (Å²) in [5.74, 6) is -1.92. The Kier molecular flexibility index (Phi) is 4.03. The molecule has 0 aliphatic carbocycles. The highest BCUT2D eigenvalue weighted by Crippen LogP contribution is 2.30. The summed E-state index contributed by atoms with van der Waals surface area (Å²) < 4.78 is 26.5. The summed E-state index contributed by atoms with van der Waals surface area (Å²) in [5, 5.41) is 18.0. The standard InChI is InChI=1S/C14H16N2O4S/c1-9-3-4-11(6-15)5-13(9)21(19,20)16-7-10(2)12(8-16)14(17)18/h3-5,10,12H,7-8H2,1-2H3,(H,17,18). The molecule has 0 saturated carbocycles. The van der Waals surface area contributed by atoms with Crippen LogP contribution in [0.25, 0.3) is 0 Å². The number of nitriles is 1. The highest BCUT2D eigenvalue weighted by Gasteiger charge is 2.41. The van der Waals surface area contributed by atoms with Gasteiger partial charge in [-0.05, 0) is 30.5 Å². The second-order valence-corrected chi connectivity index (χ2v) is 7.24. The normalized spacial score (nSPS) is 22.9. The molecule has 2 unspecified atom stereocenters. The molecule has 112 valence electrons. The van der Waals surface area contributed by atoms with Crippen LogP contribution in [0.5, 0.6) is 0 Å². The monoisotopic (exact) mass is 308 g/mol. The highest BCUT2D eigenvalue weighted by atomic mass is 32.2. The molecule has 1 aromatic carbocycles. The number of benzene rings is 1. The lowest BCUT2D eigenvalue weighted by molar-refractivity contribution is -0.142. The Labute approximate surface area is 123 Å². The van der Waals surface area contributed by atoms with Gasteiger partial charge < -0.3 is 5.11 Å². The number of aryl methyl sites for hydroxylation is 1. The highest BCUT2D eigenvalue weighted by molar-refractivity contribution is 7.89. The molecule has 2 rings (SSSR count). The van der Waals surface area contributed by atoms with Gasteiger partial charge in [-0.2, -0.15) is 9.57 Å². The molecular weight excluding hydrogens is 292 g/mol. The number of rotatable bonds is 3. The van der Waals surface area contributed by atoms with Crippen molar-refractivity contribution in [2.24, 2.45) is 11.8 Å². The first-order chi connectivity index (χ1) is 9.77. The topological polar surface area (TPSA) is 98.5 Å². The van der Waals surface area contributed by atoms with E-state index < -0.39 is 21.9 Å². The van der Waals surface area contributed by atoms with Gasteiger partial charge in [0.15, 0.2) is 0 Å². The molecule has 0 bridgehead atoms. The number of sulfonamides is 1. The zero-order chi connectivity index (χ0) is 15.8. The third-order valence-electron chi connectivity index (χ3n) is 3.83. The van der Waals surface area contributed by atoms with Gasteiger partial charge in [-0.25, -0.2) is 8.42 Å². The molecule has 0 spiro atoms. The Morgan fingerprint density at radius 1 is 1.43 bits per heavy atom. The second kappa shape index (κ2) is 5.47. The van der Waals surface area contributed by atoms with Crippen molar-refractivity contribution in [1.82, 2.24) is 4.31 Å². The van der Waals surface area contributed by atoms with Crippen LogP contribution in [0.2, 0.25) is 0 Å². The fourth-order valence-corrected chi connectivity index (χ4v) is 4.34. The molecule has 0 amide bonds. The molecule has 6 nitrogen and oxygen atoms in total. The fourth-order valence-electron chi connectivity index (χ4n) is 2.53. The van der Waals surface area contributed by atoms with Gasteiger partial charge in [-0.1, -0.05) is 13.0 Å². The van der Waals surface area contributed by atoms with Crippen molar-refractivity contribution in [3.8, 4) is 6.07 Å². The quantitative estimate of drug-likeness (QED) is 0.905. The minimum Gasteiger partial charge on any atom is -0.481 e. The predicted octanol–water partition coefficient (Wildman–Crippen LogP) is 1.21. The summed E-state index contributed by atoms with van der Waals surface area (Å²) in [6.07, 6.45) is 0. The number of carboxylic acid groups (broad SMARTS) is 1. The summed E-state index contributed by atoms with van der Waals surface area (Å²) in [5.41, 5.74) is 0.807. The Hall–Kier alpha value is -1.91. The van der Waals surface area contributed by atoms with Crippen molar-refractivity contribution in [1.29, 1.82) is 5.26 Å². The number of nitrogens with zero attached hydrogens (tertiary/aromatic N) is 2.